The van der Waals surface area contributed by atoms with E-state index in [1.54, 1.807) is 6.20 Å². The number of hydrogen-bond donors (Lipinski definition) is 0. The largest absolute Gasteiger partial charge is 0.492 e. The Labute approximate surface area is 123 Å². The van der Waals surface area contributed by atoms with Crippen LogP contribution in [-0.2, 0) is 4.74 Å². The molecule has 0 aliphatic rings. The first-order valence-corrected chi connectivity index (χ1v) is 6.97. The maximum Gasteiger partial charge on any atom is 0.418 e. The molecule has 0 unspecified atom stereocenters. The van der Waals surface area contributed by atoms with E-state index in [9.17, 15) is 4.79 Å². The molecule has 1 aromatic heterocycles. The molecule has 1 aromatic carbocycles. The van der Waals surface area contributed by atoms with Crippen molar-refractivity contribution < 1.29 is 14.3 Å². The topological polar surface area (TPSA) is 40.5 Å². The molecule has 2 rings (SSSR count). The number of carbonyl (C=O) groups excluding carboxylic acids is 1. The lowest BCUT2D eigenvalue weighted by Gasteiger charge is -2.19. The maximum atomic E-state index is 12.1. The van der Waals surface area contributed by atoms with Crippen molar-refractivity contribution in [2.24, 2.45) is 0 Å². The van der Waals surface area contributed by atoms with E-state index >= 15 is 0 Å². The summed E-state index contributed by atoms with van der Waals surface area (Å²) in [5.74, 6) is 1.18. The third-order valence-corrected chi connectivity index (χ3v) is 2.75. The summed E-state index contributed by atoms with van der Waals surface area (Å²) >= 11 is 5.59. The minimum atomic E-state index is -0.517. The van der Waals surface area contributed by atoms with Crippen LogP contribution in [0.1, 0.15) is 20.8 Å². The van der Waals surface area contributed by atoms with Crippen molar-refractivity contribution in [3.8, 4) is 5.75 Å². The van der Waals surface area contributed by atoms with Crippen molar-refractivity contribution in [1.82, 2.24) is 4.57 Å². The maximum absolute atomic E-state index is 12.1. The number of alkyl halides is 1. The average molecular weight is 296 g/mol. The van der Waals surface area contributed by atoms with Crippen LogP contribution in [0.15, 0.2) is 30.5 Å². The highest BCUT2D eigenvalue weighted by Crippen LogP contribution is 2.23. The van der Waals surface area contributed by atoms with Gasteiger partial charge in [-0.25, -0.2) is 4.79 Å². The van der Waals surface area contributed by atoms with Crippen LogP contribution in [0, 0.1) is 0 Å². The van der Waals surface area contributed by atoms with Crippen molar-refractivity contribution in [2.75, 3.05) is 12.5 Å². The van der Waals surface area contributed by atoms with Crippen molar-refractivity contribution in [3.63, 3.8) is 0 Å². The summed E-state index contributed by atoms with van der Waals surface area (Å²) in [7, 11) is 0. The molecule has 0 bridgehead atoms. The second kappa shape index (κ2) is 5.75. The van der Waals surface area contributed by atoms with Crippen LogP contribution >= 0.6 is 11.6 Å². The van der Waals surface area contributed by atoms with E-state index in [-0.39, 0.29) is 6.09 Å². The summed E-state index contributed by atoms with van der Waals surface area (Å²) in [4.78, 5) is 12.1. The second-order valence-corrected chi connectivity index (χ2v) is 5.80. The lowest BCUT2D eigenvalue weighted by molar-refractivity contribution is 0.0544. The van der Waals surface area contributed by atoms with Crippen molar-refractivity contribution >= 4 is 28.6 Å². The predicted octanol–water partition coefficient (Wildman–Crippen LogP) is 4.04. The Balaban J connectivity index is 2.26. The Morgan fingerprint density at radius 1 is 1.30 bits per heavy atom. The molecule has 1 heterocycles. The van der Waals surface area contributed by atoms with Gasteiger partial charge in [0.05, 0.1) is 11.4 Å². The van der Waals surface area contributed by atoms with Gasteiger partial charge in [-0.3, -0.25) is 4.57 Å². The van der Waals surface area contributed by atoms with E-state index in [1.807, 2.05) is 45.0 Å². The van der Waals surface area contributed by atoms with Crippen LogP contribution in [-0.4, -0.2) is 28.7 Å². The van der Waals surface area contributed by atoms with Crippen LogP contribution in [0.25, 0.3) is 10.9 Å². The SMILES string of the molecule is CC(C)(C)OC(=O)n1ccc2cc(OCCCl)ccc21. The monoisotopic (exact) mass is 295 g/mol. The molecule has 0 atom stereocenters. The Hall–Kier alpha value is -1.68. The number of fused-ring (bicyclic) bond motifs is 1. The highest BCUT2D eigenvalue weighted by molar-refractivity contribution is 6.18. The summed E-state index contributed by atoms with van der Waals surface area (Å²) in [6.45, 7) is 5.98. The summed E-state index contributed by atoms with van der Waals surface area (Å²) in [5.41, 5.74) is 0.273. The van der Waals surface area contributed by atoms with E-state index < -0.39 is 5.60 Å². The molecule has 108 valence electrons. The number of ether oxygens (including phenoxy) is 2. The van der Waals surface area contributed by atoms with Gasteiger partial charge in [0.25, 0.3) is 0 Å². The van der Waals surface area contributed by atoms with E-state index in [4.69, 9.17) is 21.1 Å². The summed E-state index contributed by atoms with van der Waals surface area (Å²) in [6, 6.07) is 7.38. The van der Waals surface area contributed by atoms with E-state index in [2.05, 4.69) is 0 Å². The number of halogens is 1. The molecule has 0 fully saturated rings. The molecule has 0 spiro atoms. The molecular weight excluding hydrogens is 278 g/mol. The van der Waals surface area contributed by atoms with Crippen LogP contribution < -0.4 is 4.74 Å². The average Bonchev–Trinajstić information content (AvgIpc) is 2.77. The Kier molecular flexibility index (Phi) is 4.23. The van der Waals surface area contributed by atoms with Crippen molar-refractivity contribution in [2.45, 2.75) is 26.4 Å². The molecule has 0 saturated carbocycles. The first-order valence-electron chi connectivity index (χ1n) is 6.44. The highest BCUT2D eigenvalue weighted by atomic mass is 35.5. The van der Waals surface area contributed by atoms with Gasteiger partial charge in [0, 0.05) is 11.6 Å². The Morgan fingerprint density at radius 3 is 2.70 bits per heavy atom. The number of nitrogens with zero attached hydrogens (tertiary/aromatic N) is 1. The number of carbonyl (C=O) groups is 1. The minimum Gasteiger partial charge on any atom is -0.492 e. The quantitative estimate of drug-likeness (QED) is 0.802. The molecule has 0 saturated heterocycles. The minimum absolute atomic E-state index is 0.387. The molecule has 20 heavy (non-hydrogen) atoms. The highest BCUT2D eigenvalue weighted by Gasteiger charge is 2.18. The smallest absolute Gasteiger partial charge is 0.418 e. The molecular formula is C15H18ClNO3. The molecule has 2 aromatic rings. The Morgan fingerprint density at radius 2 is 2.05 bits per heavy atom. The molecule has 0 radical (unpaired) electrons. The second-order valence-electron chi connectivity index (χ2n) is 5.42. The lowest BCUT2D eigenvalue weighted by Crippen LogP contribution is -2.26. The van der Waals surface area contributed by atoms with Crippen molar-refractivity contribution in [1.29, 1.82) is 0 Å². The zero-order valence-electron chi connectivity index (χ0n) is 11.9. The van der Waals surface area contributed by atoms with Gasteiger partial charge in [0.15, 0.2) is 0 Å². The molecule has 5 heteroatoms. The first-order chi connectivity index (χ1) is 9.40. The molecule has 0 aliphatic carbocycles. The van der Waals surface area contributed by atoms with Gasteiger partial charge in [-0.05, 0) is 45.0 Å². The number of rotatable bonds is 3. The number of benzene rings is 1. The fourth-order valence-electron chi connectivity index (χ4n) is 1.84. The summed E-state index contributed by atoms with van der Waals surface area (Å²) in [6.07, 6.45) is 1.31. The zero-order valence-corrected chi connectivity index (χ0v) is 12.6. The number of aromatic nitrogens is 1. The zero-order chi connectivity index (χ0) is 14.8. The van der Waals surface area contributed by atoms with Gasteiger partial charge >= 0.3 is 6.09 Å². The van der Waals surface area contributed by atoms with E-state index in [0.29, 0.717) is 12.5 Å². The Bertz CT molecular complexity index is 613. The summed E-state index contributed by atoms with van der Waals surface area (Å²) < 4.78 is 12.3. The number of hydrogen-bond acceptors (Lipinski definition) is 3. The standard InChI is InChI=1S/C15H18ClNO3/c1-15(2,3)20-14(18)17-8-6-11-10-12(19-9-7-16)4-5-13(11)17/h4-6,8,10H,7,9H2,1-3H3. The third kappa shape index (κ3) is 3.45. The van der Waals surface area contributed by atoms with E-state index in [0.717, 1.165) is 16.7 Å². The molecule has 0 aliphatic heterocycles. The fraction of sp³-hybridized carbons (Fsp3) is 0.400. The van der Waals surface area contributed by atoms with Gasteiger partial charge in [0.1, 0.15) is 18.0 Å². The third-order valence-electron chi connectivity index (χ3n) is 2.60. The molecule has 4 nitrogen and oxygen atoms in total. The normalized spacial score (nSPS) is 11.6. The molecule has 0 amide bonds. The molecule has 0 N–H and O–H groups in total. The van der Waals surface area contributed by atoms with Crippen molar-refractivity contribution in [3.05, 3.63) is 30.5 Å². The van der Waals surface area contributed by atoms with Gasteiger partial charge < -0.3 is 9.47 Å². The lowest BCUT2D eigenvalue weighted by atomic mass is 10.2. The summed E-state index contributed by atoms with van der Waals surface area (Å²) in [5, 5.41) is 0.919. The van der Waals surface area contributed by atoms with Gasteiger partial charge in [-0.15, -0.1) is 11.6 Å². The van der Waals surface area contributed by atoms with E-state index in [1.165, 1.54) is 4.57 Å². The van der Waals surface area contributed by atoms with Crippen LogP contribution in [0.4, 0.5) is 4.79 Å². The fourth-order valence-corrected chi connectivity index (χ4v) is 1.91. The van der Waals surface area contributed by atoms with Gasteiger partial charge in [-0.2, -0.15) is 0 Å². The van der Waals surface area contributed by atoms with Crippen LogP contribution in [0.5, 0.6) is 5.75 Å². The van der Waals surface area contributed by atoms with Gasteiger partial charge in [0.2, 0.25) is 0 Å². The predicted molar refractivity (Wildman–Crippen MR) is 79.8 cm³/mol. The van der Waals surface area contributed by atoms with Crippen LogP contribution in [0.3, 0.4) is 0 Å². The van der Waals surface area contributed by atoms with Crippen LogP contribution in [0.2, 0.25) is 0 Å². The first kappa shape index (κ1) is 14.7. The van der Waals surface area contributed by atoms with Gasteiger partial charge in [-0.1, -0.05) is 0 Å².